The SMILES string of the molecule is CS[C@H](C)C(=O)NCC1(c2cccc(Br)c2)CCOCC1. The Hall–Kier alpha value is -0.520. The third kappa shape index (κ3) is 4.24. The van der Waals surface area contributed by atoms with E-state index in [0.29, 0.717) is 6.54 Å². The number of hydrogen-bond donors (Lipinski definition) is 1. The number of nitrogens with one attached hydrogen (secondary N) is 1. The van der Waals surface area contributed by atoms with E-state index in [-0.39, 0.29) is 16.6 Å². The summed E-state index contributed by atoms with van der Waals surface area (Å²) in [6.07, 6.45) is 3.84. The van der Waals surface area contributed by atoms with Crippen LogP contribution in [0.3, 0.4) is 0 Å². The number of amides is 1. The van der Waals surface area contributed by atoms with Crippen molar-refractivity contribution in [1.29, 1.82) is 0 Å². The molecule has 116 valence electrons. The lowest BCUT2D eigenvalue weighted by Gasteiger charge is -2.38. The number of benzene rings is 1. The van der Waals surface area contributed by atoms with Gasteiger partial charge in [0.2, 0.25) is 5.91 Å². The fourth-order valence-electron chi connectivity index (χ4n) is 2.66. The number of carbonyl (C=O) groups excluding carboxylic acids is 1. The minimum atomic E-state index is -0.0180. The first-order valence-electron chi connectivity index (χ1n) is 7.22. The Balaban J connectivity index is 2.16. The molecule has 21 heavy (non-hydrogen) atoms. The van der Waals surface area contributed by atoms with Crippen LogP contribution in [0.5, 0.6) is 0 Å². The van der Waals surface area contributed by atoms with Crippen LogP contribution in [0.2, 0.25) is 0 Å². The molecule has 0 aliphatic carbocycles. The van der Waals surface area contributed by atoms with Gasteiger partial charge in [0.25, 0.3) is 0 Å². The zero-order valence-corrected chi connectivity index (χ0v) is 14.9. The Labute approximate surface area is 139 Å². The van der Waals surface area contributed by atoms with Gasteiger partial charge in [-0.1, -0.05) is 28.1 Å². The summed E-state index contributed by atoms with van der Waals surface area (Å²) in [7, 11) is 0. The molecule has 1 N–H and O–H groups in total. The van der Waals surface area contributed by atoms with Gasteiger partial charge >= 0.3 is 0 Å². The Morgan fingerprint density at radius 3 is 2.81 bits per heavy atom. The van der Waals surface area contributed by atoms with Crippen molar-refractivity contribution in [3.63, 3.8) is 0 Å². The van der Waals surface area contributed by atoms with Crippen molar-refractivity contribution in [2.75, 3.05) is 26.0 Å². The number of halogens is 1. The van der Waals surface area contributed by atoms with Crippen LogP contribution < -0.4 is 5.32 Å². The van der Waals surface area contributed by atoms with Crippen LogP contribution in [0, 0.1) is 0 Å². The second-order valence-electron chi connectivity index (χ2n) is 5.50. The summed E-state index contributed by atoms with van der Waals surface area (Å²) >= 11 is 5.12. The van der Waals surface area contributed by atoms with Gasteiger partial charge in [-0.05, 0) is 43.7 Å². The molecular weight excluding hydrogens is 350 g/mol. The third-order valence-corrected chi connectivity index (χ3v) is 5.63. The predicted octanol–water partition coefficient (Wildman–Crippen LogP) is 3.37. The van der Waals surface area contributed by atoms with Gasteiger partial charge in [-0.3, -0.25) is 4.79 Å². The molecule has 3 nitrogen and oxygen atoms in total. The number of rotatable bonds is 5. The molecule has 5 heteroatoms. The van der Waals surface area contributed by atoms with Crippen LogP contribution in [-0.4, -0.2) is 37.2 Å². The second-order valence-corrected chi connectivity index (χ2v) is 7.59. The molecule has 0 radical (unpaired) electrons. The Morgan fingerprint density at radius 2 is 2.19 bits per heavy atom. The van der Waals surface area contributed by atoms with Crippen molar-refractivity contribution in [3.8, 4) is 0 Å². The third-order valence-electron chi connectivity index (χ3n) is 4.21. The molecule has 1 aromatic rings. The number of thioether (sulfide) groups is 1. The van der Waals surface area contributed by atoms with Crippen LogP contribution in [0.1, 0.15) is 25.3 Å². The molecular formula is C16H22BrNO2S. The maximum Gasteiger partial charge on any atom is 0.232 e. The summed E-state index contributed by atoms with van der Waals surface area (Å²) in [5.74, 6) is 0.114. The van der Waals surface area contributed by atoms with E-state index in [1.54, 1.807) is 11.8 Å². The van der Waals surface area contributed by atoms with E-state index in [1.165, 1.54) is 5.56 Å². The minimum Gasteiger partial charge on any atom is -0.381 e. The fourth-order valence-corrected chi connectivity index (χ4v) is 3.35. The van der Waals surface area contributed by atoms with Crippen molar-refractivity contribution >= 4 is 33.6 Å². The molecule has 0 aromatic heterocycles. The van der Waals surface area contributed by atoms with E-state index < -0.39 is 0 Å². The van der Waals surface area contributed by atoms with Crippen molar-refractivity contribution < 1.29 is 9.53 Å². The summed E-state index contributed by atoms with van der Waals surface area (Å²) in [4.78, 5) is 12.1. The summed E-state index contributed by atoms with van der Waals surface area (Å²) in [6, 6.07) is 8.41. The normalized spacial score (nSPS) is 19.0. The van der Waals surface area contributed by atoms with Crippen LogP contribution in [0.25, 0.3) is 0 Å². The summed E-state index contributed by atoms with van der Waals surface area (Å²) < 4.78 is 6.60. The van der Waals surface area contributed by atoms with Gasteiger partial charge in [0.15, 0.2) is 0 Å². The average Bonchev–Trinajstić information content (AvgIpc) is 2.52. The quantitative estimate of drug-likeness (QED) is 0.861. The minimum absolute atomic E-state index is 0.00981. The summed E-state index contributed by atoms with van der Waals surface area (Å²) in [5.41, 5.74) is 1.26. The van der Waals surface area contributed by atoms with Gasteiger partial charge in [0.1, 0.15) is 0 Å². The van der Waals surface area contributed by atoms with Crippen LogP contribution in [0.4, 0.5) is 0 Å². The largest absolute Gasteiger partial charge is 0.381 e. The van der Waals surface area contributed by atoms with Gasteiger partial charge in [-0.15, -0.1) is 0 Å². The zero-order valence-electron chi connectivity index (χ0n) is 12.5. The van der Waals surface area contributed by atoms with Gasteiger partial charge < -0.3 is 10.1 Å². The van der Waals surface area contributed by atoms with E-state index in [4.69, 9.17) is 4.74 Å². The highest BCUT2D eigenvalue weighted by molar-refractivity contribution is 9.10. The highest BCUT2D eigenvalue weighted by Gasteiger charge is 2.35. The molecule has 0 saturated carbocycles. The maximum atomic E-state index is 12.1. The molecule has 1 aromatic carbocycles. The number of ether oxygens (including phenoxy) is 1. The summed E-state index contributed by atoms with van der Waals surface area (Å²) in [5, 5.41) is 3.12. The highest BCUT2D eigenvalue weighted by atomic mass is 79.9. The molecule has 1 aliphatic rings. The molecule has 1 fully saturated rings. The van der Waals surface area contributed by atoms with Gasteiger partial charge in [0.05, 0.1) is 5.25 Å². The molecule has 1 aliphatic heterocycles. The van der Waals surface area contributed by atoms with Gasteiger partial charge in [-0.2, -0.15) is 11.8 Å². The number of hydrogen-bond acceptors (Lipinski definition) is 3. The molecule has 1 heterocycles. The smallest absolute Gasteiger partial charge is 0.232 e. The van der Waals surface area contributed by atoms with E-state index >= 15 is 0 Å². The second kappa shape index (κ2) is 7.65. The lowest BCUT2D eigenvalue weighted by molar-refractivity contribution is -0.120. The average molecular weight is 372 g/mol. The Bertz CT molecular complexity index is 489. The van der Waals surface area contributed by atoms with Crippen molar-refractivity contribution in [2.45, 2.75) is 30.4 Å². The predicted molar refractivity (Wildman–Crippen MR) is 91.9 cm³/mol. The lowest BCUT2D eigenvalue weighted by Crippen LogP contribution is -2.46. The molecule has 0 unspecified atom stereocenters. The molecule has 1 atom stereocenters. The van der Waals surface area contributed by atoms with E-state index in [0.717, 1.165) is 30.5 Å². The van der Waals surface area contributed by atoms with Crippen LogP contribution in [0.15, 0.2) is 28.7 Å². The van der Waals surface area contributed by atoms with Crippen molar-refractivity contribution in [2.24, 2.45) is 0 Å². The van der Waals surface area contributed by atoms with Crippen LogP contribution >= 0.6 is 27.7 Å². The maximum absolute atomic E-state index is 12.1. The van der Waals surface area contributed by atoms with E-state index in [1.807, 2.05) is 19.2 Å². The topological polar surface area (TPSA) is 38.3 Å². The van der Waals surface area contributed by atoms with Crippen LogP contribution in [-0.2, 0) is 14.9 Å². The molecule has 1 amide bonds. The monoisotopic (exact) mass is 371 g/mol. The standard InChI is InChI=1S/C16H22BrNO2S/c1-12(21-2)15(19)18-11-16(6-8-20-9-7-16)13-4-3-5-14(17)10-13/h3-5,10,12H,6-9,11H2,1-2H3,(H,18,19)/t12-/m1/s1. The fraction of sp³-hybridized carbons (Fsp3) is 0.562. The highest BCUT2D eigenvalue weighted by Crippen LogP contribution is 2.35. The first kappa shape index (κ1) is 16.8. The lowest BCUT2D eigenvalue weighted by atomic mass is 9.74. The number of carbonyl (C=O) groups is 1. The van der Waals surface area contributed by atoms with Crippen molar-refractivity contribution in [3.05, 3.63) is 34.3 Å². The Morgan fingerprint density at radius 1 is 1.48 bits per heavy atom. The zero-order chi connectivity index (χ0) is 15.3. The molecule has 2 rings (SSSR count). The van der Waals surface area contributed by atoms with E-state index in [9.17, 15) is 4.79 Å². The Kier molecular flexibility index (Phi) is 6.14. The first-order chi connectivity index (χ1) is 10.1. The van der Waals surface area contributed by atoms with E-state index in [2.05, 4.69) is 39.4 Å². The van der Waals surface area contributed by atoms with Crippen molar-refractivity contribution in [1.82, 2.24) is 5.32 Å². The van der Waals surface area contributed by atoms with Gasteiger partial charge in [0, 0.05) is 29.6 Å². The summed E-state index contributed by atoms with van der Waals surface area (Å²) in [6.45, 7) is 4.12. The molecule has 0 spiro atoms. The first-order valence-corrected chi connectivity index (χ1v) is 9.30. The molecule has 1 saturated heterocycles. The van der Waals surface area contributed by atoms with Gasteiger partial charge in [-0.25, -0.2) is 0 Å². The molecule has 0 bridgehead atoms.